The lowest BCUT2D eigenvalue weighted by Crippen LogP contribution is -2.59. The number of benzene rings is 2. The van der Waals surface area contributed by atoms with Crippen molar-refractivity contribution in [1.82, 2.24) is 9.62 Å². The lowest BCUT2D eigenvalue weighted by atomic mass is 9.63. The number of halogens is 1. The number of carbonyl (C=O) groups is 1. The molecule has 1 saturated carbocycles. The van der Waals surface area contributed by atoms with E-state index in [2.05, 4.69) is 26.7 Å². The van der Waals surface area contributed by atoms with E-state index in [9.17, 15) is 23.4 Å². The summed E-state index contributed by atoms with van der Waals surface area (Å²) < 4.78 is 41.6. The van der Waals surface area contributed by atoms with Gasteiger partial charge in [-0.2, -0.15) is 0 Å². The van der Waals surface area contributed by atoms with Gasteiger partial charge in [-0.25, -0.2) is 13.1 Å². The summed E-state index contributed by atoms with van der Waals surface area (Å²) in [6.45, 7) is 7.02. The predicted octanol–water partition coefficient (Wildman–Crippen LogP) is 4.31. The van der Waals surface area contributed by atoms with Gasteiger partial charge in [0.2, 0.25) is 10.0 Å². The van der Waals surface area contributed by atoms with Gasteiger partial charge >= 0.3 is 0 Å². The van der Waals surface area contributed by atoms with E-state index in [1.54, 1.807) is 25.1 Å². The number of hydrogen-bond donors (Lipinski definition) is 3. The molecule has 7 atom stereocenters. The second kappa shape index (κ2) is 14.0. The molecule has 2 aliphatic carbocycles. The highest BCUT2D eigenvalue weighted by Gasteiger charge is 2.49. The fourth-order valence-corrected chi connectivity index (χ4v) is 10.4. The number of rotatable bonds is 3. The highest BCUT2D eigenvalue weighted by molar-refractivity contribution is 7.90. The third kappa shape index (κ3) is 6.81. The first kappa shape index (κ1) is 35.7. The number of aliphatic hydroxyl groups excluding tert-OH is 1. The van der Waals surface area contributed by atoms with Crippen molar-refractivity contribution < 1.29 is 32.9 Å². The Hall–Kier alpha value is -2.67. The minimum Gasteiger partial charge on any atom is -0.490 e. The summed E-state index contributed by atoms with van der Waals surface area (Å²) in [7, 11) is -4.01. The fraction of sp³-hybridized carbons (Fsp3) is 0.605. The van der Waals surface area contributed by atoms with Crippen LogP contribution in [0.5, 0.6) is 5.75 Å². The monoisotopic (exact) mass is 727 g/mol. The largest absolute Gasteiger partial charge is 0.490 e. The number of carbonyl (C=O) groups excluding carboxylic acids is 1. The van der Waals surface area contributed by atoms with Gasteiger partial charge in [-0.3, -0.25) is 9.69 Å². The summed E-state index contributed by atoms with van der Waals surface area (Å²) in [5, 5.41) is 22.7. The molecule has 1 saturated heterocycles. The Balaban J connectivity index is 1.30. The summed E-state index contributed by atoms with van der Waals surface area (Å²) in [4.78, 5) is 18.0. The van der Waals surface area contributed by atoms with Crippen LogP contribution < -0.4 is 14.4 Å². The SMILES string of the molecule is C[C@@H]1[C@@H](C)C/C=C/[C@@](O)(CN2CCOC[C@H]2CO)[C@@H]2CC[C@H]2CN2C[C@@]3(CCCc4cc(Cl)ccc43)COc3ccc(cc32)C(=O)NS1(=O)=O. The second-order valence-electron chi connectivity index (χ2n) is 15.4. The topological polar surface area (TPSA) is 129 Å². The van der Waals surface area contributed by atoms with Gasteiger partial charge in [0.15, 0.2) is 0 Å². The van der Waals surface area contributed by atoms with Gasteiger partial charge in [0, 0.05) is 42.2 Å². The summed E-state index contributed by atoms with van der Waals surface area (Å²) >= 11 is 6.45. The molecule has 3 aliphatic heterocycles. The average Bonchev–Trinajstić information content (AvgIpc) is 3.22. The second-order valence-corrected chi connectivity index (χ2v) is 17.9. The fourth-order valence-electron chi connectivity index (χ4n) is 8.93. The number of aryl methyl sites for hydroxylation is 1. The number of sulfonamides is 1. The maximum Gasteiger partial charge on any atom is 0.264 e. The summed E-state index contributed by atoms with van der Waals surface area (Å²) in [6, 6.07) is 11.1. The van der Waals surface area contributed by atoms with Crippen LogP contribution >= 0.6 is 11.6 Å². The number of allylic oxidation sites excluding steroid dienone is 1. The van der Waals surface area contributed by atoms with Crippen LogP contribution in [0.1, 0.15) is 67.4 Å². The maximum absolute atomic E-state index is 13.6. The number of amides is 1. The molecule has 3 heterocycles. The van der Waals surface area contributed by atoms with Crippen molar-refractivity contribution in [2.75, 3.05) is 57.5 Å². The number of β-amino-alcohol motifs (C(OH)–C–C–N with tert-alkyl or cyclic N) is 1. The summed E-state index contributed by atoms with van der Waals surface area (Å²) in [5.41, 5.74) is 1.93. The average molecular weight is 728 g/mol. The van der Waals surface area contributed by atoms with Gasteiger partial charge in [0.1, 0.15) is 5.75 Å². The number of morpholine rings is 1. The van der Waals surface area contributed by atoms with E-state index >= 15 is 0 Å². The molecule has 2 fully saturated rings. The number of anilines is 1. The summed E-state index contributed by atoms with van der Waals surface area (Å²) in [5.74, 6) is -0.268. The molecular formula is C38H50ClN3O7S. The van der Waals surface area contributed by atoms with Crippen molar-refractivity contribution in [3.63, 3.8) is 0 Å². The molecule has 2 bridgehead atoms. The number of fused-ring (bicyclic) bond motifs is 4. The minimum absolute atomic E-state index is 0.0618. The van der Waals surface area contributed by atoms with Gasteiger partial charge in [0.05, 0.1) is 49.0 Å². The van der Waals surface area contributed by atoms with Gasteiger partial charge in [0.25, 0.3) is 5.91 Å². The molecule has 2 aromatic rings. The first-order chi connectivity index (χ1) is 23.9. The van der Waals surface area contributed by atoms with Crippen LogP contribution in [0.25, 0.3) is 0 Å². The van der Waals surface area contributed by atoms with Crippen LogP contribution in [0.4, 0.5) is 5.69 Å². The molecule has 12 heteroatoms. The smallest absolute Gasteiger partial charge is 0.264 e. The minimum atomic E-state index is -4.01. The van der Waals surface area contributed by atoms with E-state index < -0.39 is 26.8 Å². The van der Waals surface area contributed by atoms with Crippen LogP contribution in [0.3, 0.4) is 0 Å². The van der Waals surface area contributed by atoms with Crippen molar-refractivity contribution >= 4 is 33.2 Å². The van der Waals surface area contributed by atoms with E-state index in [0.29, 0.717) is 63.2 Å². The molecule has 272 valence electrons. The maximum atomic E-state index is 13.6. The van der Waals surface area contributed by atoms with Crippen molar-refractivity contribution in [2.45, 2.75) is 74.7 Å². The standard InChI is InChI=1S/C38H50ClN3O7S/c1-25-5-3-14-38(45,23-41-15-16-48-21-31(41)20-43)33-10-7-29(33)19-42-22-37(13-4-6-27-17-30(39)9-11-32(27)37)24-49-35-12-8-28(18-34(35)42)36(44)40-50(46,47)26(25)2/h3,8-9,11-12,14,17-18,25-26,29,31,33,43,45H,4-7,10,13,15-16,19-24H2,1-2H3,(H,40,44)/b14-3+/t25-,26+,29-,31+,33+,37-,38+/m0/s1. The summed E-state index contributed by atoms with van der Waals surface area (Å²) in [6.07, 6.45) is 8.84. The van der Waals surface area contributed by atoms with E-state index in [1.165, 1.54) is 11.1 Å². The first-order valence-electron chi connectivity index (χ1n) is 18.1. The number of ether oxygens (including phenoxy) is 2. The lowest BCUT2D eigenvalue weighted by molar-refractivity contribution is -0.0995. The Morgan fingerprint density at radius 1 is 1.14 bits per heavy atom. The molecular weight excluding hydrogens is 678 g/mol. The third-order valence-corrected chi connectivity index (χ3v) is 14.4. The van der Waals surface area contributed by atoms with E-state index in [-0.39, 0.29) is 41.4 Å². The van der Waals surface area contributed by atoms with Gasteiger partial charge in [-0.05, 0) is 105 Å². The van der Waals surface area contributed by atoms with Crippen molar-refractivity contribution in [3.05, 3.63) is 70.3 Å². The number of hydrogen-bond acceptors (Lipinski definition) is 9. The zero-order chi connectivity index (χ0) is 35.3. The number of nitrogens with zero attached hydrogens (tertiary/aromatic N) is 2. The van der Waals surface area contributed by atoms with E-state index in [1.807, 2.05) is 25.1 Å². The number of aliphatic hydroxyl groups is 2. The molecule has 2 aromatic carbocycles. The lowest BCUT2D eigenvalue weighted by Gasteiger charge is -2.51. The van der Waals surface area contributed by atoms with Crippen molar-refractivity contribution in [2.24, 2.45) is 17.8 Å². The zero-order valence-corrected chi connectivity index (χ0v) is 30.6. The molecule has 1 amide bonds. The van der Waals surface area contributed by atoms with E-state index in [0.717, 1.165) is 37.8 Å². The molecule has 10 nitrogen and oxygen atoms in total. The molecule has 50 heavy (non-hydrogen) atoms. The molecule has 5 aliphatic rings. The Morgan fingerprint density at radius 2 is 1.98 bits per heavy atom. The molecule has 3 N–H and O–H groups in total. The van der Waals surface area contributed by atoms with Crippen LogP contribution in [0, 0.1) is 17.8 Å². The Bertz CT molecular complexity index is 1740. The molecule has 1 spiro atoms. The van der Waals surface area contributed by atoms with Crippen molar-refractivity contribution in [1.29, 1.82) is 0 Å². The predicted molar refractivity (Wildman–Crippen MR) is 193 cm³/mol. The molecule has 7 rings (SSSR count). The molecule has 0 radical (unpaired) electrons. The van der Waals surface area contributed by atoms with Gasteiger partial charge in [-0.1, -0.05) is 36.7 Å². The first-order valence-corrected chi connectivity index (χ1v) is 20.0. The Morgan fingerprint density at radius 3 is 2.76 bits per heavy atom. The Labute approximate surface area is 300 Å². The highest BCUT2D eigenvalue weighted by Crippen LogP contribution is 2.48. The Kier molecular flexibility index (Phi) is 10.0. The molecule has 0 aromatic heterocycles. The zero-order valence-electron chi connectivity index (χ0n) is 29.0. The molecule has 0 unspecified atom stereocenters. The van der Waals surface area contributed by atoms with Crippen LogP contribution in [0.15, 0.2) is 48.6 Å². The normalized spacial score (nSPS) is 35.1. The quantitative estimate of drug-likeness (QED) is 0.397. The van der Waals surface area contributed by atoms with Gasteiger partial charge in [-0.15, -0.1) is 0 Å². The third-order valence-electron chi connectivity index (χ3n) is 12.3. The van der Waals surface area contributed by atoms with E-state index in [4.69, 9.17) is 21.1 Å². The van der Waals surface area contributed by atoms with Crippen LogP contribution in [0.2, 0.25) is 5.02 Å². The number of nitrogens with one attached hydrogen (secondary N) is 1. The van der Waals surface area contributed by atoms with Crippen LogP contribution in [-0.4, -0.2) is 98.9 Å². The van der Waals surface area contributed by atoms with Crippen molar-refractivity contribution in [3.8, 4) is 5.75 Å². The van der Waals surface area contributed by atoms with Gasteiger partial charge < -0.3 is 24.6 Å². The van der Waals surface area contributed by atoms with Crippen LogP contribution in [-0.2, 0) is 26.6 Å². The highest BCUT2D eigenvalue weighted by atomic mass is 35.5.